The van der Waals surface area contributed by atoms with E-state index in [0.717, 1.165) is 44.2 Å². The molecule has 0 aliphatic rings. The fourth-order valence-electron chi connectivity index (χ4n) is 2.00. The van der Waals surface area contributed by atoms with Crippen LogP contribution >= 0.6 is 24.0 Å². The molecule has 1 aromatic heterocycles. The van der Waals surface area contributed by atoms with Crippen molar-refractivity contribution >= 4 is 29.9 Å². The van der Waals surface area contributed by atoms with E-state index < -0.39 is 0 Å². The molecule has 1 aromatic rings. The van der Waals surface area contributed by atoms with E-state index in [1.807, 2.05) is 12.1 Å². The normalized spacial score (nSPS) is 11.1. The van der Waals surface area contributed by atoms with Gasteiger partial charge in [0.05, 0.1) is 7.11 Å². The minimum absolute atomic E-state index is 0. The highest BCUT2D eigenvalue weighted by Gasteiger charge is 2.01. The Morgan fingerprint density at radius 3 is 2.62 bits per heavy atom. The lowest BCUT2D eigenvalue weighted by Crippen LogP contribution is -2.40. The predicted molar refractivity (Wildman–Crippen MR) is 108 cm³/mol. The average molecular weight is 451 g/mol. The Morgan fingerprint density at radius 2 is 2.04 bits per heavy atom. The third-order valence-electron chi connectivity index (χ3n) is 3.36. The van der Waals surface area contributed by atoms with Crippen LogP contribution in [0, 0.1) is 0 Å². The highest BCUT2D eigenvalue weighted by Crippen LogP contribution is 2.05. The molecule has 0 spiro atoms. The number of guanidine groups is 1. The first-order chi connectivity index (χ1) is 11.2. The summed E-state index contributed by atoms with van der Waals surface area (Å²) in [7, 11) is 7.22. The lowest BCUT2D eigenvalue weighted by molar-refractivity contribution is 0.180. The van der Waals surface area contributed by atoms with Gasteiger partial charge < -0.3 is 25.0 Å². The molecule has 2 N–H and O–H groups in total. The number of hydrogen-bond acceptors (Lipinski definition) is 5. The Bertz CT molecular complexity index is 456. The summed E-state index contributed by atoms with van der Waals surface area (Å²) in [5.41, 5.74) is 1.07. The minimum atomic E-state index is 0. The van der Waals surface area contributed by atoms with Crippen LogP contribution in [0.3, 0.4) is 0 Å². The smallest absolute Gasteiger partial charge is 0.212 e. The van der Waals surface area contributed by atoms with Crippen molar-refractivity contribution in [3.05, 3.63) is 23.9 Å². The molecule has 8 heteroatoms. The number of nitrogens with zero attached hydrogens (tertiary/aromatic N) is 3. The third-order valence-corrected chi connectivity index (χ3v) is 3.36. The Kier molecular flexibility index (Phi) is 13.6. The standard InChI is InChI=1S/C16H29N5O2.HI/c1-17-16(18-8-10-21(2)9-5-11-22-3)20-13-14-6-7-15(23-4)19-12-14;/h6-7,12H,5,8-11,13H2,1-4H3,(H2,17,18,20);1H. The number of halogens is 1. The number of likely N-dealkylation sites (N-methyl/N-ethyl adjacent to an activating group) is 1. The summed E-state index contributed by atoms with van der Waals surface area (Å²) in [5, 5.41) is 6.57. The number of ether oxygens (including phenoxy) is 2. The molecule has 1 heterocycles. The number of hydrogen-bond donors (Lipinski definition) is 2. The Balaban J connectivity index is 0.00000529. The molecule has 138 valence electrons. The zero-order valence-electron chi connectivity index (χ0n) is 15.0. The molecular weight excluding hydrogens is 421 g/mol. The monoisotopic (exact) mass is 451 g/mol. The average Bonchev–Trinajstić information content (AvgIpc) is 2.58. The van der Waals surface area contributed by atoms with E-state index in [1.54, 1.807) is 27.5 Å². The van der Waals surface area contributed by atoms with Gasteiger partial charge in [0.2, 0.25) is 5.88 Å². The summed E-state index contributed by atoms with van der Waals surface area (Å²) in [6.07, 6.45) is 2.84. The van der Waals surface area contributed by atoms with E-state index in [2.05, 4.69) is 32.6 Å². The zero-order chi connectivity index (χ0) is 16.9. The van der Waals surface area contributed by atoms with Crippen LogP contribution in [0.4, 0.5) is 0 Å². The molecule has 0 unspecified atom stereocenters. The molecule has 0 aliphatic carbocycles. The number of rotatable bonds is 10. The maximum Gasteiger partial charge on any atom is 0.212 e. The third kappa shape index (κ3) is 9.89. The number of pyridine rings is 1. The number of aromatic nitrogens is 1. The van der Waals surface area contributed by atoms with Crippen molar-refractivity contribution in [2.75, 3.05) is 54.6 Å². The largest absolute Gasteiger partial charge is 0.481 e. The van der Waals surface area contributed by atoms with E-state index in [4.69, 9.17) is 9.47 Å². The first-order valence-electron chi connectivity index (χ1n) is 7.80. The van der Waals surface area contributed by atoms with Crippen molar-refractivity contribution in [3.63, 3.8) is 0 Å². The van der Waals surface area contributed by atoms with E-state index in [1.165, 1.54) is 0 Å². The first kappa shape index (κ1) is 22.9. The summed E-state index contributed by atoms with van der Waals surface area (Å²) in [6, 6.07) is 3.83. The molecule has 24 heavy (non-hydrogen) atoms. The van der Waals surface area contributed by atoms with E-state index in [-0.39, 0.29) is 24.0 Å². The summed E-state index contributed by atoms with van der Waals surface area (Å²) >= 11 is 0. The van der Waals surface area contributed by atoms with Crippen molar-refractivity contribution in [3.8, 4) is 5.88 Å². The molecule has 0 atom stereocenters. The van der Waals surface area contributed by atoms with Crippen molar-refractivity contribution < 1.29 is 9.47 Å². The molecule has 0 aliphatic heterocycles. The molecule has 1 rings (SSSR count). The van der Waals surface area contributed by atoms with Gasteiger partial charge in [0, 0.05) is 59.2 Å². The van der Waals surface area contributed by atoms with Gasteiger partial charge in [-0.15, -0.1) is 24.0 Å². The second-order valence-electron chi connectivity index (χ2n) is 5.21. The predicted octanol–water partition coefficient (Wildman–Crippen LogP) is 1.34. The van der Waals surface area contributed by atoms with Crippen LogP contribution in [0.2, 0.25) is 0 Å². The van der Waals surface area contributed by atoms with Crippen molar-refractivity contribution in [2.45, 2.75) is 13.0 Å². The maximum atomic E-state index is 5.06. The van der Waals surface area contributed by atoms with Gasteiger partial charge in [0.15, 0.2) is 5.96 Å². The number of nitrogens with one attached hydrogen (secondary N) is 2. The van der Waals surface area contributed by atoms with Gasteiger partial charge in [-0.05, 0) is 19.0 Å². The van der Waals surface area contributed by atoms with E-state index in [0.29, 0.717) is 12.4 Å². The summed E-state index contributed by atoms with van der Waals surface area (Å²) in [6.45, 7) is 4.29. The minimum Gasteiger partial charge on any atom is -0.481 e. The molecule has 0 saturated carbocycles. The van der Waals surface area contributed by atoms with Crippen LogP contribution in [-0.4, -0.2) is 70.4 Å². The fraction of sp³-hybridized carbons (Fsp3) is 0.625. The molecule has 0 amide bonds. The summed E-state index contributed by atoms with van der Waals surface area (Å²) < 4.78 is 10.1. The molecule has 0 saturated heterocycles. The van der Waals surface area contributed by atoms with Gasteiger partial charge in [-0.1, -0.05) is 6.07 Å². The van der Waals surface area contributed by atoms with Crippen molar-refractivity contribution in [2.24, 2.45) is 4.99 Å². The van der Waals surface area contributed by atoms with Gasteiger partial charge >= 0.3 is 0 Å². The van der Waals surface area contributed by atoms with Crippen LogP contribution in [0.15, 0.2) is 23.3 Å². The highest BCUT2D eigenvalue weighted by molar-refractivity contribution is 14.0. The second-order valence-corrected chi connectivity index (χ2v) is 5.21. The molecule has 7 nitrogen and oxygen atoms in total. The Morgan fingerprint density at radius 1 is 1.25 bits per heavy atom. The molecule has 0 bridgehead atoms. The topological polar surface area (TPSA) is 71.0 Å². The SMILES string of the molecule is CN=C(NCCN(C)CCCOC)NCc1ccc(OC)nc1.I. The van der Waals surface area contributed by atoms with Gasteiger partial charge in [-0.2, -0.15) is 0 Å². The Labute approximate surface area is 162 Å². The van der Waals surface area contributed by atoms with Crippen molar-refractivity contribution in [1.82, 2.24) is 20.5 Å². The summed E-state index contributed by atoms with van der Waals surface area (Å²) in [5.74, 6) is 1.40. The van der Waals surface area contributed by atoms with E-state index in [9.17, 15) is 0 Å². The fourth-order valence-corrected chi connectivity index (χ4v) is 2.00. The van der Waals surface area contributed by atoms with E-state index >= 15 is 0 Å². The lowest BCUT2D eigenvalue weighted by atomic mass is 10.3. The molecule has 0 aromatic carbocycles. The quantitative estimate of drug-likeness (QED) is 0.242. The molecule has 0 fully saturated rings. The first-order valence-corrected chi connectivity index (χ1v) is 7.80. The van der Waals surface area contributed by atoms with Gasteiger partial charge in [-0.25, -0.2) is 4.98 Å². The van der Waals surface area contributed by atoms with Crippen LogP contribution in [0.25, 0.3) is 0 Å². The van der Waals surface area contributed by atoms with Gasteiger partial charge in [-0.3, -0.25) is 4.99 Å². The van der Waals surface area contributed by atoms with Crippen LogP contribution in [-0.2, 0) is 11.3 Å². The molecular formula is C16H30IN5O2. The number of aliphatic imine (C=N–C) groups is 1. The highest BCUT2D eigenvalue weighted by atomic mass is 127. The van der Waals surface area contributed by atoms with Crippen LogP contribution in [0.5, 0.6) is 5.88 Å². The van der Waals surface area contributed by atoms with Gasteiger partial charge in [0.1, 0.15) is 0 Å². The van der Waals surface area contributed by atoms with Crippen LogP contribution < -0.4 is 15.4 Å². The van der Waals surface area contributed by atoms with Gasteiger partial charge in [0.25, 0.3) is 0 Å². The second kappa shape index (κ2) is 14.2. The zero-order valence-corrected chi connectivity index (χ0v) is 17.4. The maximum absolute atomic E-state index is 5.06. The van der Waals surface area contributed by atoms with Crippen LogP contribution in [0.1, 0.15) is 12.0 Å². The van der Waals surface area contributed by atoms with Crippen molar-refractivity contribution in [1.29, 1.82) is 0 Å². The summed E-state index contributed by atoms with van der Waals surface area (Å²) in [4.78, 5) is 10.7. The number of methoxy groups -OCH3 is 2. The molecule has 0 radical (unpaired) electrons. The Hall–Kier alpha value is -1.13. The lowest BCUT2D eigenvalue weighted by Gasteiger charge is -2.18.